The summed E-state index contributed by atoms with van der Waals surface area (Å²) in [5.74, 6) is -1.85. The highest BCUT2D eigenvalue weighted by atomic mass is 19.1. The zero-order valence-corrected chi connectivity index (χ0v) is 13.5. The number of hydrogen-bond acceptors (Lipinski definition) is 2. The molecule has 0 fully saturated rings. The molecule has 1 aliphatic rings. The van der Waals surface area contributed by atoms with E-state index in [0.29, 0.717) is 24.1 Å². The summed E-state index contributed by atoms with van der Waals surface area (Å²) in [7, 11) is 0. The van der Waals surface area contributed by atoms with Crippen molar-refractivity contribution < 1.29 is 19.1 Å². The van der Waals surface area contributed by atoms with E-state index in [1.807, 2.05) is 6.92 Å². The second-order valence-electron chi connectivity index (χ2n) is 6.21. The van der Waals surface area contributed by atoms with Gasteiger partial charge in [-0.25, -0.2) is 9.18 Å². The Labute approximate surface area is 139 Å². The van der Waals surface area contributed by atoms with Crippen molar-refractivity contribution in [3.8, 4) is 0 Å². The number of fused-ring (bicyclic) bond motifs is 1. The van der Waals surface area contributed by atoms with Crippen LogP contribution in [0.15, 0.2) is 30.3 Å². The fraction of sp³-hybridized carbons (Fsp3) is 0.263. The molecule has 1 amide bonds. The molecule has 0 heterocycles. The molecule has 2 aromatic rings. The van der Waals surface area contributed by atoms with Gasteiger partial charge in [-0.3, -0.25) is 4.79 Å². The molecule has 0 radical (unpaired) electrons. The Balaban J connectivity index is 1.87. The number of aromatic carboxylic acids is 1. The summed E-state index contributed by atoms with van der Waals surface area (Å²) in [6.07, 6.45) is 1.29. The summed E-state index contributed by atoms with van der Waals surface area (Å²) in [4.78, 5) is 23.9. The molecular weight excluding hydrogens is 309 g/mol. The Kier molecular flexibility index (Phi) is 4.09. The fourth-order valence-electron chi connectivity index (χ4n) is 3.30. The van der Waals surface area contributed by atoms with Crippen LogP contribution >= 0.6 is 0 Å². The number of halogens is 1. The van der Waals surface area contributed by atoms with Crippen molar-refractivity contribution in [1.82, 2.24) is 0 Å². The minimum Gasteiger partial charge on any atom is -0.478 e. The third-order valence-corrected chi connectivity index (χ3v) is 4.56. The average Bonchev–Trinajstić information content (AvgIpc) is 2.92. The van der Waals surface area contributed by atoms with Crippen molar-refractivity contribution in [2.75, 3.05) is 5.32 Å². The third-order valence-electron chi connectivity index (χ3n) is 4.56. The number of hydrogen-bond donors (Lipinski definition) is 2. The van der Waals surface area contributed by atoms with E-state index in [0.717, 1.165) is 16.7 Å². The van der Waals surface area contributed by atoms with Gasteiger partial charge >= 0.3 is 5.97 Å². The van der Waals surface area contributed by atoms with Crippen LogP contribution in [-0.2, 0) is 11.2 Å². The standard InChI is InChI=1S/C19H18FNO3/c1-10-7-11(2)17(9-16(10)19(23)24)21-18(22)15-5-3-12-8-13(20)4-6-14(12)15/h4,6-9,15H,3,5H2,1-2H3,(H,21,22)(H,23,24). The van der Waals surface area contributed by atoms with Crippen LogP contribution in [0.25, 0.3) is 0 Å². The SMILES string of the molecule is Cc1cc(C)c(C(=O)O)cc1NC(=O)C1CCc2cc(F)ccc21. The lowest BCUT2D eigenvalue weighted by molar-refractivity contribution is -0.117. The Bertz CT molecular complexity index is 845. The Morgan fingerprint density at radius 1 is 1.17 bits per heavy atom. The molecule has 24 heavy (non-hydrogen) atoms. The first kappa shape index (κ1) is 16.2. The van der Waals surface area contributed by atoms with Crippen LogP contribution in [0.2, 0.25) is 0 Å². The number of carboxylic acid groups (broad SMARTS) is 1. The molecular formula is C19H18FNO3. The summed E-state index contributed by atoms with van der Waals surface area (Å²) in [6.45, 7) is 3.55. The normalized spacial score (nSPS) is 15.9. The summed E-state index contributed by atoms with van der Waals surface area (Å²) in [6, 6.07) is 7.74. The Morgan fingerprint density at radius 2 is 1.92 bits per heavy atom. The molecule has 4 nitrogen and oxygen atoms in total. The zero-order valence-electron chi connectivity index (χ0n) is 13.5. The number of amides is 1. The van der Waals surface area contributed by atoms with Gasteiger partial charge in [0, 0.05) is 5.69 Å². The number of rotatable bonds is 3. The molecule has 0 spiro atoms. The van der Waals surface area contributed by atoms with E-state index in [9.17, 15) is 19.1 Å². The molecule has 1 unspecified atom stereocenters. The first-order chi connectivity index (χ1) is 11.4. The second kappa shape index (κ2) is 6.07. The summed E-state index contributed by atoms with van der Waals surface area (Å²) < 4.78 is 13.3. The predicted octanol–water partition coefficient (Wildman–Crippen LogP) is 3.81. The fourth-order valence-corrected chi connectivity index (χ4v) is 3.30. The van der Waals surface area contributed by atoms with Gasteiger partial charge in [0.15, 0.2) is 0 Å². The molecule has 1 atom stereocenters. The van der Waals surface area contributed by atoms with Crippen LogP contribution in [0.4, 0.5) is 10.1 Å². The number of carbonyl (C=O) groups is 2. The van der Waals surface area contributed by atoms with Gasteiger partial charge in [-0.15, -0.1) is 0 Å². The van der Waals surface area contributed by atoms with E-state index in [-0.39, 0.29) is 23.2 Å². The van der Waals surface area contributed by atoms with Crippen LogP contribution in [0.1, 0.15) is 45.0 Å². The van der Waals surface area contributed by atoms with E-state index in [4.69, 9.17) is 0 Å². The van der Waals surface area contributed by atoms with Crippen molar-refractivity contribution in [3.05, 3.63) is 64.0 Å². The predicted molar refractivity (Wildman–Crippen MR) is 89.0 cm³/mol. The van der Waals surface area contributed by atoms with Crippen LogP contribution in [0, 0.1) is 19.7 Å². The lowest BCUT2D eigenvalue weighted by atomic mass is 9.99. The molecule has 2 aromatic carbocycles. The molecule has 0 aromatic heterocycles. The number of aryl methyl sites for hydroxylation is 3. The van der Waals surface area contributed by atoms with Crippen molar-refractivity contribution in [1.29, 1.82) is 0 Å². The summed E-state index contributed by atoms with van der Waals surface area (Å²) >= 11 is 0. The van der Waals surface area contributed by atoms with Gasteiger partial charge in [-0.2, -0.15) is 0 Å². The highest BCUT2D eigenvalue weighted by Gasteiger charge is 2.29. The van der Waals surface area contributed by atoms with Crippen molar-refractivity contribution in [2.24, 2.45) is 0 Å². The van der Waals surface area contributed by atoms with Crippen LogP contribution in [0.3, 0.4) is 0 Å². The number of anilines is 1. The number of carbonyl (C=O) groups excluding carboxylic acids is 1. The maximum absolute atomic E-state index is 13.3. The van der Waals surface area contributed by atoms with Crippen LogP contribution in [0.5, 0.6) is 0 Å². The molecule has 3 rings (SSSR count). The zero-order chi connectivity index (χ0) is 17.4. The summed E-state index contributed by atoms with van der Waals surface area (Å²) in [5.41, 5.74) is 3.84. The smallest absolute Gasteiger partial charge is 0.336 e. The molecule has 0 saturated heterocycles. The third kappa shape index (κ3) is 2.89. The Morgan fingerprint density at radius 3 is 2.62 bits per heavy atom. The maximum Gasteiger partial charge on any atom is 0.336 e. The van der Waals surface area contributed by atoms with E-state index < -0.39 is 5.97 Å². The quantitative estimate of drug-likeness (QED) is 0.901. The highest BCUT2D eigenvalue weighted by molar-refractivity contribution is 5.99. The first-order valence-electron chi connectivity index (χ1n) is 7.80. The largest absolute Gasteiger partial charge is 0.478 e. The minimum atomic E-state index is -1.02. The Hall–Kier alpha value is -2.69. The van der Waals surface area contributed by atoms with E-state index in [1.165, 1.54) is 18.2 Å². The van der Waals surface area contributed by atoms with Crippen molar-refractivity contribution in [2.45, 2.75) is 32.6 Å². The molecule has 0 saturated carbocycles. The monoisotopic (exact) mass is 327 g/mol. The molecule has 0 bridgehead atoms. The molecule has 124 valence electrons. The minimum absolute atomic E-state index is 0.171. The highest BCUT2D eigenvalue weighted by Crippen LogP contribution is 2.34. The van der Waals surface area contributed by atoms with Crippen molar-refractivity contribution >= 4 is 17.6 Å². The molecule has 2 N–H and O–H groups in total. The topological polar surface area (TPSA) is 66.4 Å². The number of benzene rings is 2. The molecule has 1 aliphatic carbocycles. The molecule has 0 aliphatic heterocycles. The average molecular weight is 327 g/mol. The van der Waals surface area contributed by atoms with Gasteiger partial charge in [-0.05, 0) is 67.1 Å². The van der Waals surface area contributed by atoms with Crippen LogP contribution in [-0.4, -0.2) is 17.0 Å². The van der Waals surface area contributed by atoms with Gasteiger partial charge in [-0.1, -0.05) is 12.1 Å². The van der Waals surface area contributed by atoms with Gasteiger partial charge in [0.25, 0.3) is 0 Å². The first-order valence-corrected chi connectivity index (χ1v) is 7.80. The van der Waals surface area contributed by atoms with Gasteiger partial charge in [0.05, 0.1) is 11.5 Å². The van der Waals surface area contributed by atoms with E-state index in [2.05, 4.69) is 5.32 Å². The van der Waals surface area contributed by atoms with Crippen LogP contribution < -0.4 is 5.32 Å². The summed E-state index contributed by atoms with van der Waals surface area (Å²) in [5, 5.41) is 12.1. The van der Waals surface area contributed by atoms with E-state index >= 15 is 0 Å². The van der Waals surface area contributed by atoms with Gasteiger partial charge < -0.3 is 10.4 Å². The molecule has 5 heteroatoms. The lowest BCUT2D eigenvalue weighted by Crippen LogP contribution is -2.20. The maximum atomic E-state index is 13.3. The van der Waals surface area contributed by atoms with Gasteiger partial charge in [0.2, 0.25) is 5.91 Å². The van der Waals surface area contributed by atoms with Gasteiger partial charge in [0.1, 0.15) is 5.82 Å². The number of carboxylic acids is 1. The lowest BCUT2D eigenvalue weighted by Gasteiger charge is -2.15. The van der Waals surface area contributed by atoms with E-state index in [1.54, 1.807) is 19.1 Å². The van der Waals surface area contributed by atoms with Crippen molar-refractivity contribution in [3.63, 3.8) is 0 Å². The number of nitrogens with one attached hydrogen (secondary N) is 1. The second-order valence-corrected chi connectivity index (χ2v) is 6.21.